The molecule has 4 rings (SSSR count). The fraction of sp³-hybridized carbons (Fsp3) is 0.432. The number of nitrogens with zero attached hydrogens (tertiary/aromatic N) is 3. The summed E-state index contributed by atoms with van der Waals surface area (Å²) in [4.78, 5) is 50.7. The summed E-state index contributed by atoms with van der Waals surface area (Å²) >= 11 is 2.69. The van der Waals surface area contributed by atoms with Crippen molar-refractivity contribution in [2.24, 2.45) is 5.92 Å². The van der Waals surface area contributed by atoms with Crippen LogP contribution in [0.2, 0.25) is 0 Å². The molecule has 0 spiro atoms. The van der Waals surface area contributed by atoms with E-state index in [9.17, 15) is 24.6 Å². The SMILES string of the molecule is CC(C)[C@H](NC(=O)N(C)Cc1csc(C(C)(C)O)n1)C(=O)N[C@@H](Cc1ccccc1)C[C@H](O)[C@H](Cc1ccccc1)NC(=O)OCc1cncs1. The van der Waals surface area contributed by atoms with Gasteiger partial charge in [-0.1, -0.05) is 74.5 Å². The molecule has 12 nitrogen and oxygen atoms in total. The van der Waals surface area contributed by atoms with E-state index in [1.807, 2.05) is 74.5 Å². The first kappa shape index (κ1) is 39.4. The maximum absolute atomic E-state index is 13.9. The van der Waals surface area contributed by atoms with Gasteiger partial charge in [-0.3, -0.25) is 9.78 Å². The predicted molar refractivity (Wildman–Crippen MR) is 198 cm³/mol. The van der Waals surface area contributed by atoms with Gasteiger partial charge in [0.1, 0.15) is 23.3 Å². The van der Waals surface area contributed by atoms with Gasteiger partial charge in [-0.2, -0.15) is 0 Å². The van der Waals surface area contributed by atoms with Gasteiger partial charge in [0.05, 0.1) is 34.8 Å². The Hall–Kier alpha value is -4.37. The number of alkyl carbamates (subject to hydrolysis) is 1. The normalized spacial score (nSPS) is 13.9. The van der Waals surface area contributed by atoms with Gasteiger partial charge in [0.2, 0.25) is 5.91 Å². The van der Waals surface area contributed by atoms with Crippen LogP contribution in [0.5, 0.6) is 0 Å². The molecule has 2 heterocycles. The highest BCUT2D eigenvalue weighted by Gasteiger charge is 2.31. The molecule has 0 saturated heterocycles. The van der Waals surface area contributed by atoms with Crippen LogP contribution in [0.4, 0.5) is 9.59 Å². The van der Waals surface area contributed by atoms with E-state index in [1.54, 1.807) is 38.0 Å². The predicted octanol–water partition coefficient (Wildman–Crippen LogP) is 5.01. The monoisotopic (exact) mass is 736 g/mol. The third kappa shape index (κ3) is 12.7. The van der Waals surface area contributed by atoms with Crippen LogP contribution < -0.4 is 16.0 Å². The molecule has 0 fully saturated rings. The van der Waals surface area contributed by atoms with Crippen molar-refractivity contribution in [1.82, 2.24) is 30.8 Å². The zero-order valence-electron chi connectivity index (χ0n) is 29.6. The smallest absolute Gasteiger partial charge is 0.407 e. The average molecular weight is 737 g/mol. The number of amides is 4. The van der Waals surface area contributed by atoms with E-state index in [0.29, 0.717) is 23.5 Å². The first-order valence-electron chi connectivity index (χ1n) is 16.8. The Bertz CT molecular complexity index is 1660. The number of thiazole rings is 2. The highest BCUT2D eigenvalue weighted by Crippen LogP contribution is 2.24. The van der Waals surface area contributed by atoms with Crippen LogP contribution in [0.15, 0.2) is 77.8 Å². The lowest BCUT2D eigenvalue weighted by Gasteiger charge is -2.30. The zero-order valence-corrected chi connectivity index (χ0v) is 31.2. The summed E-state index contributed by atoms with van der Waals surface area (Å²) in [5.74, 6) is -0.652. The third-order valence-electron chi connectivity index (χ3n) is 8.14. The molecule has 0 saturated carbocycles. The molecular formula is C37H48N6O6S2. The fourth-order valence-electron chi connectivity index (χ4n) is 5.39. The van der Waals surface area contributed by atoms with E-state index in [-0.39, 0.29) is 25.5 Å². The number of carbonyl (C=O) groups excluding carboxylic acids is 3. The summed E-state index contributed by atoms with van der Waals surface area (Å²) in [5.41, 5.74) is 3.06. The lowest BCUT2D eigenvalue weighted by Crippen LogP contribution is -2.55. The molecule has 2 aromatic carbocycles. The number of urea groups is 1. The standard InChI is InChI=1S/C37H48N6O6S2/c1-24(2)32(42-35(46)43(5)20-28-22-50-34(40-28)37(3,4)48)33(45)39-27(16-25-12-8-6-9-13-25)18-31(44)30(17-26-14-10-7-11-15-26)41-36(47)49-21-29-19-38-23-51-29/h6-15,19,22-24,27,30-32,44,48H,16-18,20-21H2,1-5H3,(H,39,45)(H,41,47)(H,42,46)/t27-,30-,31-,32-/m0/s1. The van der Waals surface area contributed by atoms with Crippen molar-refractivity contribution in [2.45, 2.75) is 89.9 Å². The van der Waals surface area contributed by atoms with Crippen molar-refractivity contribution in [3.05, 3.63) is 104 Å². The fourth-order valence-corrected chi connectivity index (χ4v) is 6.73. The number of aliphatic hydroxyl groups excluding tert-OH is 1. The summed E-state index contributed by atoms with van der Waals surface area (Å²) in [6.45, 7) is 7.25. The van der Waals surface area contributed by atoms with Crippen LogP contribution in [-0.4, -0.2) is 74.4 Å². The second-order valence-corrected chi connectivity index (χ2v) is 15.2. The first-order chi connectivity index (χ1) is 24.3. The van der Waals surface area contributed by atoms with Gasteiger partial charge in [-0.05, 0) is 50.2 Å². The van der Waals surface area contributed by atoms with E-state index < -0.39 is 47.9 Å². The maximum atomic E-state index is 13.9. The lowest BCUT2D eigenvalue weighted by atomic mass is 9.93. The number of nitrogens with one attached hydrogen (secondary N) is 3. The number of carbonyl (C=O) groups is 3. The Morgan fingerprint density at radius 2 is 1.59 bits per heavy atom. The van der Waals surface area contributed by atoms with Gasteiger partial charge in [-0.15, -0.1) is 22.7 Å². The van der Waals surface area contributed by atoms with Crippen LogP contribution >= 0.6 is 22.7 Å². The molecule has 0 radical (unpaired) electrons. The van der Waals surface area contributed by atoms with Gasteiger partial charge < -0.3 is 35.8 Å². The van der Waals surface area contributed by atoms with Crippen LogP contribution in [0.3, 0.4) is 0 Å². The Balaban J connectivity index is 1.46. The second kappa shape index (κ2) is 18.7. The highest BCUT2D eigenvalue weighted by atomic mass is 32.1. The zero-order chi connectivity index (χ0) is 37.0. The number of aliphatic hydroxyl groups is 2. The van der Waals surface area contributed by atoms with Gasteiger partial charge in [0.25, 0.3) is 0 Å². The van der Waals surface area contributed by atoms with E-state index in [0.717, 1.165) is 16.0 Å². The molecule has 14 heteroatoms. The first-order valence-corrected chi connectivity index (χ1v) is 18.6. The molecule has 0 aliphatic heterocycles. The number of aromatic nitrogens is 2. The summed E-state index contributed by atoms with van der Waals surface area (Å²) in [7, 11) is 1.62. The number of rotatable bonds is 17. The molecule has 5 N–H and O–H groups in total. The van der Waals surface area contributed by atoms with Crippen molar-refractivity contribution in [3.63, 3.8) is 0 Å². The van der Waals surface area contributed by atoms with Crippen molar-refractivity contribution in [3.8, 4) is 0 Å². The molecule has 0 aliphatic carbocycles. The Labute approximate surface area is 307 Å². The Kier molecular flexibility index (Phi) is 14.5. The minimum atomic E-state index is -1.09. The third-order valence-corrected chi connectivity index (χ3v) is 10.1. The van der Waals surface area contributed by atoms with Gasteiger partial charge >= 0.3 is 12.1 Å². The van der Waals surface area contributed by atoms with Crippen molar-refractivity contribution in [1.29, 1.82) is 0 Å². The quantitative estimate of drug-likeness (QED) is 0.101. The highest BCUT2D eigenvalue weighted by molar-refractivity contribution is 7.10. The number of hydrogen-bond acceptors (Lipinski definition) is 10. The molecule has 274 valence electrons. The van der Waals surface area contributed by atoms with Crippen LogP contribution in [0.25, 0.3) is 0 Å². The minimum Gasteiger partial charge on any atom is -0.444 e. The summed E-state index contributed by atoms with van der Waals surface area (Å²) in [6.07, 6.45) is 0.734. The molecule has 0 aliphatic rings. The second-order valence-electron chi connectivity index (χ2n) is 13.4. The number of ether oxygens (including phenoxy) is 1. The van der Waals surface area contributed by atoms with Crippen LogP contribution in [-0.2, 0) is 41.1 Å². The van der Waals surface area contributed by atoms with Crippen molar-refractivity contribution >= 4 is 40.7 Å². The topological polar surface area (TPSA) is 166 Å². The molecule has 0 unspecified atom stereocenters. The lowest BCUT2D eigenvalue weighted by molar-refractivity contribution is -0.124. The van der Waals surface area contributed by atoms with Crippen molar-refractivity contribution in [2.75, 3.05) is 7.05 Å². The summed E-state index contributed by atoms with van der Waals surface area (Å²) in [6, 6.07) is 16.5. The van der Waals surface area contributed by atoms with Gasteiger partial charge in [0, 0.05) is 24.7 Å². The van der Waals surface area contributed by atoms with E-state index in [2.05, 4.69) is 25.9 Å². The molecular weight excluding hydrogens is 689 g/mol. The van der Waals surface area contributed by atoms with E-state index in [4.69, 9.17) is 4.74 Å². The summed E-state index contributed by atoms with van der Waals surface area (Å²) in [5, 5.41) is 33.1. The molecule has 2 aromatic heterocycles. The number of hydrogen-bond donors (Lipinski definition) is 5. The largest absolute Gasteiger partial charge is 0.444 e. The van der Waals surface area contributed by atoms with Crippen molar-refractivity contribution < 1.29 is 29.3 Å². The van der Waals surface area contributed by atoms with Gasteiger partial charge in [0.15, 0.2) is 0 Å². The van der Waals surface area contributed by atoms with E-state index >= 15 is 0 Å². The molecule has 4 atom stereocenters. The molecule has 4 amide bonds. The van der Waals surface area contributed by atoms with E-state index in [1.165, 1.54) is 27.6 Å². The Morgan fingerprint density at radius 3 is 2.16 bits per heavy atom. The van der Waals surface area contributed by atoms with Crippen LogP contribution in [0.1, 0.15) is 60.8 Å². The van der Waals surface area contributed by atoms with Gasteiger partial charge in [-0.25, -0.2) is 14.6 Å². The molecule has 51 heavy (non-hydrogen) atoms. The average Bonchev–Trinajstić information content (AvgIpc) is 3.79. The molecule has 0 bridgehead atoms. The Morgan fingerprint density at radius 1 is 0.941 bits per heavy atom. The summed E-state index contributed by atoms with van der Waals surface area (Å²) < 4.78 is 5.42. The molecule has 4 aromatic rings. The maximum Gasteiger partial charge on any atom is 0.407 e. The van der Waals surface area contributed by atoms with Crippen LogP contribution in [0, 0.1) is 5.92 Å². The number of benzene rings is 2. The minimum absolute atomic E-state index is 0.0560.